The Kier molecular flexibility index (Phi) is 5.64. The average Bonchev–Trinajstić information content (AvgIpc) is 2.47. The minimum Gasteiger partial charge on any atom is -0.317 e. The van der Waals surface area contributed by atoms with Crippen molar-refractivity contribution in [3.8, 4) is 0 Å². The van der Waals surface area contributed by atoms with Gasteiger partial charge in [0.1, 0.15) is 5.82 Å². The van der Waals surface area contributed by atoms with Crippen molar-refractivity contribution in [2.45, 2.75) is 26.3 Å². The number of nitro benzene ring substituents is 1. The third-order valence-corrected chi connectivity index (χ3v) is 3.98. The van der Waals surface area contributed by atoms with Crippen molar-refractivity contribution >= 4 is 5.69 Å². The number of piperidine rings is 1. The topological polar surface area (TPSA) is 58.4 Å². The van der Waals surface area contributed by atoms with Crippen LogP contribution in [0.15, 0.2) is 18.2 Å². The maximum Gasteiger partial charge on any atom is 0.272 e. The molecule has 0 spiro atoms. The van der Waals surface area contributed by atoms with Gasteiger partial charge in [-0.15, -0.1) is 0 Å². The van der Waals surface area contributed by atoms with E-state index in [1.165, 1.54) is 12.1 Å². The molecule has 6 heteroatoms. The van der Waals surface area contributed by atoms with Crippen molar-refractivity contribution in [3.05, 3.63) is 39.7 Å². The Morgan fingerprint density at radius 1 is 1.38 bits per heavy atom. The molecule has 0 saturated carbocycles. The highest BCUT2D eigenvalue weighted by Gasteiger charge is 2.17. The van der Waals surface area contributed by atoms with Crippen LogP contribution in [-0.4, -0.2) is 36.0 Å². The van der Waals surface area contributed by atoms with Gasteiger partial charge in [-0.3, -0.25) is 15.0 Å². The molecule has 1 fully saturated rings. The predicted molar refractivity (Wildman–Crippen MR) is 79.6 cm³/mol. The average molecular weight is 295 g/mol. The van der Waals surface area contributed by atoms with Gasteiger partial charge < -0.3 is 5.32 Å². The van der Waals surface area contributed by atoms with Crippen LogP contribution in [0.1, 0.15) is 25.3 Å². The van der Waals surface area contributed by atoms with E-state index in [-0.39, 0.29) is 5.69 Å². The summed E-state index contributed by atoms with van der Waals surface area (Å²) in [5.74, 6) is 0.104. The van der Waals surface area contributed by atoms with Crippen LogP contribution in [0.4, 0.5) is 10.1 Å². The zero-order chi connectivity index (χ0) is 15.2. The third kappa shape index (κ3) is 4.75. The van der Waals surface area contributed by atoms with E-state index in [0.29, 0.717) is 18.0 Å². The van der Waals surface area contributed by atoms with Gasteiger partial charge in [0.2, 0.25) is 0 Å². The molecule has 2 rings (SSSR count). The lowest BCUT2D eigenvalue weighted by atomic mass is 9.97. The number of hydrogen-bond donors (Lipinski definition) is 1. The Balaban J connectivity index is 2.01. The lowest BCUT2D eigenvalue weighted by molar-refractivity contribution is -0.385. The van der Waals surface area contributed by atoms with E-state index >= 15 is 0 Å². The maximum absolute atomic E-state index is 13.5. The van der Waals surface area contributed by atoms with Gasteiger partial charge in [-0.25, -0.2) is 4.39 Å². The summed E-state index contributed by atoms with van der Waals surface area (Å²) < 4.78 is 13.5. The van der Waals surface area contributed by atoms with E-state index in [4.69, 9.17) is 0 Å². The first-order chi connectivity index (χ1) is 10.1. The fourth-order valence-corrected chi connectivity index (χ4v) is 2.82. The van der Waals surface area contributed by atoms with E-state index in [9.17, 15) is 14.5 Å². The summed E-state index contributed by atoms with van der Waals surface area (Å²) in [5.41, 5.74) is 0.486. The third-order valence-electron chi connectivity index (χ3n) is 3.98. The zero-order valence-electron chi connectivity index (χ0n) is 12.3. The van der Waals surface area contributed by atoms with Crippen molar-refractivity contribution in [2.75, 3.05) is 26.2 Å². The first kappa shape index (κ1) is 15.9. The minimum absolute atomic E-state index is 0.178. The quantitative estimate of drug-likeness (QED) is 0.647. The molecule has 1 aromatic rings. The van der Waals surface area contributed by atoms with E-state index in [1.807, 2.05) is 0 Å². The molecule has 0 amide bonds. The fourth-order valence-electron chi connectivity index (χ4n) is 2.82. The lowest BCUT2D eigenvalue weighted by Crippen LogP contribution is -2.35. The van der Waals surface area contributed by atoms with Crippen molar-refractivity contribution in [1.29, 1.82) is 0 Å². The summed E-state index contributed by atoms with van der Waals surface area (Å²) in [6.07, 6.45) is 2.31. The minimum atomic E-state index is -0.546. The second-order valence-corrected chi connectivity index (χ2v) is 5.60. The van der Waals surface area contributed by atoms with Crippen molar-refractivity contribution in [1.82, 2.24) is 10.2 Å². The van der Waals surface area contributed by atoms with E-state index in [2.05, 4.69) is 17.1 Å². The lowest BCUT2D eigenvalue weighted by Gasteiger charge is -2.29. The second kappa shape index (κ2) is 7.47. The molecule has 5 nitrogen and oxygen atoms in total. The number of non-ortho nitro benzene ring substituents is 1. The smallest absolute Gasteiger partial charge is 0.272 e. The molecule has 1 aliphatic rings. The SMILES string of the molecule is CCN(Cc1cc(F)cc([N+](=O)[O-])c1)CC1CCNCC1. The van der Waals surface area contributed by atoms with Gasteiger partial charge in [0.05, 0.1) is 11.0 Å². The van der Waals surface area contributed by atoms with Crippen LogP contribution in [0, 0.1) is 21.8 Å². The van der Waals surface area contributed by atoms with Gasteiger partial charge in [-0.2, -0.15) is 0 Å². The van der Waals surface area contributed by atoms with Crippen LogP contribution in [0.2, 0.25) is 0 Å². The number of benzene rings is 1. The summed E-state index contributed by atoms with van der Waals surface area (Å²) in [6.45, 7) is 6.53. The van der Waals surface area contributed by atoms with Crippen LogP contribution in [0.25, 0.3) is 0 Å². The maximum atomic E-state index is 13.5. The highest BCUT2D eigenvalue weighted by Crippen LogP contribution is 2.19. The summed E-state index contributed by atoms with van der Waals surface area (Å²) in [5, 5.41) is 14.1. The summed E-state index contributed by atoms with van der Waals surface area (Å²) >= 11 is 0. The molecular formula is C15H22FN3O2. The number of nitrogens with one attached hydrogen (secondary N) is 1. The summed E-state index contributed by atoms with van der Waals surface area (Å²) in [7, 11) is 0. The first-order valence-corrected chi connectivity index (χ1v) is 7.45. The molecule has 116 valence electrons. The molecule has 1 heterocycles. The van der Waals surface area contributed by atoms with Gasteiger partial charge >= 0.3 is 0 Å². The summed E-state index contributed by atoms with van der Waals surface area (Å²) in [4.78, 5) is 12.5. The van der Waals surface area contributed by atoms with Gasteiger partial charge in [-0.05, 0) is 50.0 Å². The monoisotopic (exact) mass is 295 g/mol. The van der Waals surface area contributed by atoms with Gasteiger partial charge in [-0.1, -0.05) is 6.92 Å². The number of halogens is 1. The Hall–Kier alpha value is -1.53. The highest BCUT2D eigenvalue weighted by atomic mass is 19.1. The number of nitrogens with zero attached hydrogens (tertiary/aromatic N) is 2. The van der Waals surface area contributed by atoms with E-state index in [0.717, 1.165) is 45.1 Å². The highest BCUT2D eigenvalue weighted by molar-refractivity contribution is 5.35. The molecule has 1 aliphatic heterocycles. The van der Waals surface area contributed by atoms with Crippen LogP contribution >= 0.6 is 0 Å². The summed E-state index contributed by atoms with van der Waals surface area (Å²) in [6, 6.07) is 3.82. The normalized spacial score (nSPS) is 16.3. The molecule has 0 aliphatic carbocycles. The van der Waals surface area contributed by atoms with Gasteiger partial charge in [0.25, 0.3) is 5.69 Å². The molecule has 1 N–H and O–H groups in total. The number of nitro groups is 1. The van der Waals surface area contributed by atoms with Gasteiger partial charge in [0.15, 0.2) is 0 Å². The second-order valence-electron chi connectivity index (χ2n) is 5.60. The Morgan fingerprint density at radius 3 is 2.71 bits per heavy atom. The fraction of sp³-hybridized carbons (Fsp3) is 0.600. The Labute approximate surface area is 124 Å². The number of hydrogen-bond acceptors (Lipinski definition) is 4. The molecule has 0 aromatic heterocycles. The van der Waals surface area contributed by atoms with Crippen LogP contribution in [0.3, 0.4) is 0 Å². The first-order valence-electron chi connectivity index (χ1n) is 7.45. The molecule has 1 saturated heterocycles. The van der Waals surface area contributed by atoms with E-state index in [1.54, 1.807) is 0 Å². The van der Waals surface area contributed by atoms with Gasteiger partial charge in [0, 0.05) is 19.2 Å². The molecule has 1 aromatic carbocycles. The van der Waals surface area contributed by atoms with Crippen LogP contribution in [0.5, 0.6) is 0 Å². The van der Waals surface area contributed by atoms with Crippen molar-refractivity contribution < 1.29 is 9.31 Å². The zero-order valence-corrected chi connectivity index (χ0v) is 12.3. The Bertz CT molecular complexity index is 490. The largest absolute Gasteiger partial charge is 0.317 e. The van der Waals surface area contributed by atoms with Crippen molar-refractivity contribution in [2.24, 2.45) is 5.92 Å². The molecular weight excluding hydrogens is 273 g/mol. The molecule has 0 atom stereocenters. The van der Waals surface area contributed by atoms with E-state index < -0.39 is 10.7 Å². The van der Waals surface area contributed by atoms with Crippen LogP contribution < -0.4 is 5.32 Å². The standard InChI is InChI=1S/C15H22FN3O2/c1-2-18(10-12-3-5-17-6-4-12)11-13-7-14(16)9-15(8-13)19(20)21/h7-9,12,17H,2-6,10-11H2,1H3. The predicted octanol–water partition coefficient (Wildman–Crippen LogP) is 2.56. The molecule has 21 heavy (non-hydrogen) atoms. The Morgan fingerprint density at radius 2 is 2.10 bits per heavy atom. The molecule has 0 bridgehead atoms. The number of rotatable bonds is 6. The molecule has 0 unspecified atom stereocenters. The van der Waals surface area contributed by atoms with Crippen molar-refractivity contribution in [3.63, 3.8) is 0 Å². The van der Waals surface area contributed by atoms with Crippen LogP contribution in [-0.2, 0) is 6.54 Å². The molecule has 0 radical (unpaired) electrons.